The molecule has 148 valence electrons. The van der Waals surface area contributed by atoms with Crippen molar-refractivity contribution in [2.75, 3.05) is 11.9 Å². The fourth-order valence-corrected chi connectivity index (χ4v) is 2.58. The molecule has 0 aliphatic rings. The van der Waals surface area contributed by atoms with E-state index in [1.165, 1.54) is 12.4 Å². The van der Waals surface area contributed by atoms with Crippen molar-refractivity contribution in [3.63, 3.8) is 0 Å². The van der Waals surface area contributed by atoms with E-state index in [0.29, 0.717) is 16.8 Å². The van der Waals surface area contributed by atoms with Gasteiger partial charge in [0.05, 0.1) is 42.7 Å². The van der Waals surface area contributed by atoms with Gasteiger partial charge in [0.25, 0.3) is 5.91 Å². The number of benzene rings is 1. The zero-order chi connectivity index (χ0) is 21.0. The van der Waals surface area contributed by atoms with Crippen LogP contribution in [0.3, 0.4) is 0 Å². The third-order valence-corrected chi connectivity index (χ3v) is 4.00. The molecule has 0 unspecified atom stereocenters. The molecule has 9 heteroatoms. The van der Waals surface area contributed by atoms with Crippen molar-refractivity contribution in [1.29, 1.82) is 0 Å². The van der Waals surface area contributed by atoms with Crippen molar-refractivity contribution in [3.05, 3.63) is 71.3 Å². The number of nitrogens with zero attached hydrogens (tertiary/aromatic N) is 3. The lowest BCUT2D eigenvalue weighted by molar-refractivity contribution is 0.0526. The van der Waals surface area contributed by atoms with Gasteiger partial charge in [0, 0.05) is 5.56 Å². The molecule has 2 heterocycles. The first-order chi connectivity index (χ1) is 13.9. The number of hydrogen-bond donors (Lipinski definition) is 1. The first-order valence-electron chi connectivity index (χ1n) is 8.61. The summed E-state index contributed by atoms with van der Waals surface area (Å²) < 4.78 is 32.3. The van der Waals surface area contributed by atoms with E-state index in [-0.39, 0.29) is 12.4 Å². The Labute approximate surface area is 164 Å². The molecule has 0 radical (unpaired) electrons. The highest BCUT2D eigenvalue weighted by atomic mass is 19.1. The molecule has 1 amide bonds. The second-order valence-corrected chi connectivity index (χ2v) is 5.97. The lowest BCUT2D eigenvalue weighted by atomic mass is 10.0. The lowest BCUT2D eigenvalue weighted by Gasteiger charge is -2.09. The number of esters is 1. The van der Waals surface area contributed by atoms with Gasteiger partial charge in [-0.25, -0.2) is 18.6 Å². The van der Waals surface area contributed by atoms with E-state index in [1.807, 2.05) is 6.92 Å². The number of anilines is 1. The molecule has 1 N–H and O–H groups in total. The zero-order valence-electron chi connectivity index (χ0n) is 15.6. The van der Waals surface area contributed by atoms with Gasteiger partial charge in [-0.1, -0.05) is 6.07 Å². The van der Waals surface area contributed by atoms with Gasteiger partial charge in [-0.05, 0) is 31.5 Å². The van der Waals surface area contributed by atoms with Crippen molar-refractivity contribution in [3.8, 4) is 11.3 Å². The summed E-state index contributed by atoms with van der Waals surface area (Å²) in [6.45, 7) is 3.82. The van der Waals surface area contributed by atoms with Gasteiger partial charge >= 0.3 is 5.97 Å². The van der Waals surface area contributed by atoms with Crippen LogP contribution in [0.2, 0.25) is 0 Å². The summed E-state index contributed by atoms with van der Waals surface area (Å²) >= 11 is 0. The van der Waals surface area contributed by atoms with E-state index in [4.69, 9.17) is 4.74 Å². The van der Waals surface area contributed by atoms with Crippen LogP contribution in [-0.2, 0) is 4.74 Å². The third kappa shape index (κ3) is 4.40. The molecule has 3 rings (SSSR count). The Kier molecular flexibility index (Phi) is 5.87. The molecule has 2 aromatic heterocycles. The monoisotopic (exact) mass is 398 g/mol. The SMILES string of the molecule is CCOC(=O)c1ccc(C)c(-c2cnc(NC(=O)c3c(F)cncc3F)cn2)c1. The smallest absolute Gasteiger partial charge is 0.338 e. The Morgan fingerprint density at radius 3 is 2.41 bits per heavy atom. The molecule has 0 fully saturated rings. The molecule has 3 aromatic rings. The number of aryl methyl sites for hydroxylation is 1. The Hall–Kier alpha value is -3.75. The maximum atomic E-state index is 13.7. The predicted octanol–water partition coefficient (Wildman–Crippen LogP) is 3.55. The average Bonchev–Trinajstić information content (AvgIpc) is 2.69. The van der Waals surface area contributed by atoms with Gasteiger partial charge in [-0.3, -0.25) is 14.8 Å². The molecule has 0 saturated carbocycles. The molecule has 29 heavy (non-hydrogen) atoms. The highest BCUT2D eigenvalue weighted by Gasteiger charge is 2.18. The fraction of sp³-hybridized carbons (Fsp3) is 0.150. The van der Waals surface area contributed by atoms with E-state index < -0.39 is 29.1 Å². The van der Waals surface area contributed by atoms with Crippen LogP contribution in [0.5, 0.6) is 0 Å². The van der Waals surface area contributed by atoms with Gasteiger partial charge in [0.1, 0.15) is 5.56 Å². The fourth-order valence-electron chi connectivity index (χ4n) is 2.58. The maximum absolute atomic E-state index is 13.7. The summed E-state index contributed by atoms with van der Waals surface area (Å²) in [6, 6.07) is 5.04. The van der Waals surface area contributed by atoms with Crippen molar-refractivity contribution in [2.24, 2.45) is 0 Å². The molecular weight excluding hydrogens is 382 g/mol. The first-order valence-corrected chi connectivity index (χ1v) is 8.61. The third-order valence-electron chi connectivity index (χ3n) is 4.00. The number of amides is 1. The Morgan fingerprint density at radius 1 is 1.07 bits per heavy atom. The summed E-state index contributed by atoms with van der Waals surface area (Å²) in [7, 11) is 0. The second-order valence-electron chi connectivity index (χ2n) is 5.97. The minimum atomic E-state index is -1.08. The van der Waals surface area contributed by atoms with Crippen LogP contribution in [0.25, 0.3) is 11.3 Å². The number of carbonyl (C=O) groups excluding carboxylic acids is 2. The summed E-state index contributed by atoms with van der Waals surface area (Å²) in [6.07, 6.45) is 4.12. The van der Waals surface area contributed by atoms with Crippen LogP contribution < -0.4 is 5.32 Å². The summed E-state index contributed by atoms with van der Waals surface area (Å²) in [5.74, 6) is -3.62. The van der Waals surface area contributed by atoms with Crippen molar-refractivity contribution in [2.45, 2.75) is 13.8 Å². The molecular formula is C20H16F2N4O3. The quantitative estimate of drug-likeness (QED) is 0.661. The normalized spacial score (nSPS) is 10.5. The molecule has 0 saturated heterocycles. The van der Waals surface area contributed by atoms with Crippen molar-refractivity contribution >= 4 is 17.7 Å². The topological polar surface area (TPSA) is 94.1 Å². The number of halogens is 2. The predicted molar refractivity (Wildman–Crippen MR) is 100 cm³/mol. The van der Waals surface area contributed by atoms with Crippen LogP contribution in [0.1, 0.15) is 33.2 Å². The number of pyridine rings is 1. The summed E-state index contributed by atoms with van der Waals surface area (Å²) in [5.41, 5.74) is 1.57. The number of nitrogens with one attached hydrogen (secondary N) is 1. The minimum Gasteiger partial charge on any atom is -0.462 e. The zero-order valence-corrected chi connectivity index (χ0v) is 15.6. The molecule has 7 nitrogen and oxygen atoms in total. The minimum absolute atomic E-state index is 0.00793. The summed E-state index contributed by atoms with van der Waals surface area (Å²) in [4.78, 5) is 35.6. The summed E-state index contributed by atoms with van der Waals surface area (Å²) in [5, 5.41) is 2.29. The molecule has 0 bridgehead atoms. The maximum Gasteiger partial charge on any atom is 0.338 e. The largest absolute Gasteiger partial charge is 0.462 e. The molecule has 0 aliphatic carbocycles. The van der Waals surface area contributed by atoms with Gasteiger partial charge in [0.15, 0.2) is 17.5 Å². The highest BCUT2D eigenvalue weighted by molar-refractivity contribution is 6.04. The van der Waals surface area contributed by atoms with Gasteiger partial charge in [0.2, 0.25) is 0 Å². The first kappa shape index (κ1) is 20.0. The van der Waals surface area contributed by atoms with Crippen LogP contribution >= 0.6 is 0 Å². The number of ether oxygens (including phenoxy) is 1. The van der Waals surface area contributed by atoms with Gasteiger partial charge in [-0.15, -0.1) is 0 Å². The Balaban J connectivity index is 1.83. The van der Waals surface area contributed by atoms with E-state index in [9.17, 15) is 18.4 Å². The van der Waals surface area contributed by atoms with Crippen molar-refractivity contribution < 1.29 is 23.1 Å². The highest BCUT2D eigenvalue weighted by Crippen LogP contribution is 2.23. The molecule has 0 atom stereocenters. The van der Waals surface area contributed by atoms with Crippen LogP contribution in [0.15, 0.2) is 43.0 Å². The number of aromatic nitrogens is 3. The Bertz CT molecular complexity index is 1050. The molecule has 1 aromatic carbocycles. The number of carbonyl (C=O) groups is 2. The average molecular weight is 398 g/mol. The standard InChI is InChI=1S/C20H16F2N4O3/c1-3-29-20(28)12-5-4-11(2)13(6-12)16-9-25-17(10-24-16)26-19(27)18-14(21)7-23-8-15(18)22/h4-10H,3H2,1-2H3,(H,25,26,27). The molecule has 0 spiro atoms. The van der Waals surface area contributed by atoms with E-state index in [1.54, 1.807) is 25.1 Å². The van der Waals surface area contributed by atoms with Crippen molar-refractivity contribution in [1.82, 2.24) is 15.0 Å². The van der Waals surface area contributed by atoms with Crippen LogP contribution in [-0.4, -0.2) is 33.4 Å². The number of rotatable bonds is 5. The lowest BCUT2D eigenvalue weighted by Crippen LogP contribution is -2.17. The van der Waals surface area contributed by atoms with E-state index in [0.717, 1.165) is 18.0 Å². The van der Waals surface area contributed by atoms with E-state index in [2.05, 4.69) is 20.3 Å². The van der Waals surface area contributed by atoms with E-state index >= 15 is 0 Å². The number of hydrogen-bond acceptors (Lipinski definition) is 6. The molecule has 0 aliphatic heterocycles. The van der Waals surface area contributed by atoms with Gasteiger partial charge < -0.3 is 10.1 Å². The van der Waals surface area contributed by atoms with Crippen LogP contribution in [0.4, 0.5) is 14.6 Å². The second kappa shape index (κ2) is 8.51. The van der Waals surface area contributed by atoms with Crippen LogP contribution in [0, 0.1) is 18.6 Å². The van der Waals surface area contributed by atoms with Gasteiger partial charge in [-0.2, -0.15) is 0 Å². The Morgan fingerprint density at radius 2 is 1.79 bits per heavy atom.